The fourth-order valence-electron chi connectivity index (χ4n) is 3.15. The van der Waals surface area contributed by atoms with Gasteiger partial charge in [0.05, 0.1) is 0 Å². The van der Waals surface area contributed by atoms with Crippen LogP contribution < -0.4 is 10.2 Å². The van der Waals surface area contributed by atoms with Crippen LogP contribution in [0.3, 0.4) is 0 Å². The van der Waals surface area contributed by atoms with Crippen molar-refractivity contribution >= 4 is 11.6 Å². The Kier molecular flexibility index (Phi) is 3.08. The zero-order valence-corrected chi connectivity index (χ0v) is 10.9. The summed E-state index contributed by atoms with van der Waals surface area (Å²) in [5.41, 5.74) is 2.19. The number of anilines is 1. The fraction of sp³-hybridized carbons (Fsp3) is 0.533. The number of likely N-dealkylation sites (N-methyl/N-ethyl adjacent to an activating group) is 1. The summed E-state index contributed by atoms with van der Waals surface area (Å²) in [4.78, 5) is 14.1. The Morgan fingerprint density at radius 1 is 1.17 bits per heavy atom. The topological polar surface area (TPSA) is 32.3 Å². The molecule has 0 radical (unpaired) electrons. The van der Waals surface area contributed by atoms with Crippen LogP contribution in [-0.2, 0) is 4.79 Å². The van der Waals surface area contributed by atoms with E-state index in [-0.39, 0.29) is 11.9 Å². The molecule has 0 aromatic heterocycles. The lowest BCUT2D eigenvalue weighted by Gasteiger charge is -2.26. The average Bonchev–Trinajstić information content (AvgIpc) is 2.66. The van der Waals surface area contributed by atoms with Crippen LogP contribution in [0, 0.1) is 0 Å². The summed E-state index contributed by atoms with van der Waals surface area (Å²) in [5.74, 6) is 0.182. The zero-order valence-electron chi connectivity index (χ0n) is 10.9. The maximum absolute atomic E-state index is 12.3. The van der Waals surface area contributed by atoms with Gasteiger partial charge in [0.25, 0.3) is 0 Å². The number of fused-ring (bicyclic) bond motifs is 1. The highest BCUT2D eigenvalue weighted by Crippen LogP contribution is 2.35. The highest BCUT2D eigenvalue weighted by molar-refractivity contribution is 6.04. The first-order chi connectivity index (χ1) is 8.77. The first-order valence-electron chi connectivity index (χ1n) is 6.90. The van der Waals surface area contributed by atoms with Gasteiger partial charge in [-0.2, -0.15) is 0 Å². The molecule has 96 valence electrons. The normalized spacial score (nSPS) is 24.4. The molecule has 3 heteroatoms. The van der Waals surface area contributed by atoms with Gasteiger partial charge in [-0.3, -0.25) is 10.1 Å². The molecule has 1 fully saturated rings. The molecule has 18 heavy (non-hydrogen) atoms. The number of benzene rings is 1. The third-order valence-electron chi connectivity index (χ3n) is 4.19. The summed E-state index contributed by atoms with van der Waals surface area (Å²) in [5, 5.41) is 3.56. The van der Waals surface area contributed by atoms with Gasteiger partial charge in [0.1, 0.15) is 6.04 Å². The molecular weight excluding hydrogens is 224 g/mol. The Balaban J connectivity index is 1.81. The lowest BCUT2D eigenvalue weighted by Crippen LogP contribution is -2.39. The molecule has 1 N–H and O–H groups in total. The van der Waals surface area contributed by atoms with E-state index in [2.05, 4.69) is 11.4 Å². The number of rotatable bonds is 2. The largest absolute Gasteiger partial charge is 0.313 e. The van der Waals surface area contributed by atoms with Crippen molar-refractivity contribution in [3.63, 3.8) is 0 Å². The fourth-order valence-corrected chi connectivity index (χ4v) is 3.15. The summed E-state index contributed by atoms with van der Waals surface area (Å²) in [6.07, 6.45) is 6.32. The van der Waals surface area contributed by atoms with Gasteiger partial charge in [0.15, 0.2) is 0 Å². The Morgan fingerprint density at radius 2 is 1.89 bits per heavy atom. The Morgan fingerprint density at radius 3 is 2.67 bits per heavy atom. The quantitative estimate of drug-likeness (QED) is 0.867. The number of para-hydroxylation sites is 1. The monoisotopic (exact) mass is 244 g/mol. The SMILES string of the molecule is CN1C(=O)C(NC2CCCCC2)c2ccccc21. The summed E-state index contributed by atoms with van der Waals surface area (Å²) < 4.78 is 0. The Labute approximate surface area is 108 Å². The van der Waals surface area contributed by atoms with E-state index < -0.39 is 0 Å². The third kappa shape index (κ3) is 1.93. The van der Waals surface area contributed by atoms with Crippen molar-refractivity contribution in [1.29, 1.82) is 0 Å². The Hall–Kier alpha value is -1.35. The van der Waals surface area contributed by atoms with E-state index in [0.717, 1.165) is 11.3 Å². The number of carbonyl (C=O) groups is 1. The first kappa shape index (κ1) is 11.7. The highest BCUT2D eigenvalue weighted by Gasteiger charge is 2.35. The minimum Gasteiger partial charge on any atom is -0.313 e. The van der Waals surface area contributed by atoms with E-state index in [0.29, 0.717) is 6.04 Å². The molecule has 1 unspecified atom stereocenters. The van der Waals surface area contributed by atoms with Gasteiger partial charge >= 0.3 is 0 Å². The van der Waals surface area contributed by atoms with Gasteiger partial charge in [-0.05, 0) is 18.9 Å². The lowest BCUT2D eigenvalue weighted by atomic mass is 9.94. The third-order valence-corrected chi connectivity index (χ3v) is 4.19. The van der Waals surface area contributed by atoms with Crippen LogP contribution in [0.15, 0.2) is 24.3 Å². The molecule has 1 saturated carbocycles. The number of hydrogen-bond donors (Lipinski definition) is 1. The number of nitrogens with one attached hydrogen (secondary N) is 1. The molecule has 0 bridgehead atoms. The second-order valence-corrected chi connectivity index (χ2v) is 5.39. The Bertz CT molecular complexity index is 452. The number of amides is 1. The molecular formula is C15H20N2O. The minimum absolute atomic E-state index is 0.130. The van der Waals surface area contributed by atoms with Crippen molar-refractivity contribution < 1.29 is 4.79 Å². The van der Waals surface area contributed by atoms with Crippen molar-refractivity contribution in [2.24, 2.45) is 0 Å². The smallest absolute Gasteiger partial charge is 0.248 e. The van der Waals surface area contributed by atoms with Crippen LogP contribution in [-0.4, -0.2) is 19.0 Å². The molecule has 3 rings (SSSR count). The molecule has 0 saturated heterocycles. The highest BCUT2D eigenvalue weighted by atomic mass is 16.2. The van der Waals surface area contributed by atoms with Crippen LogP contribution in [0.2, 0.25) is 0 Å². The van der Waals surface area contributed by atoms with Crippen LogP contribution in [0.5, 0.6) is 0 Å². The average molecular weight is 244 g/mol. The van der Waals surface area contributed by atoms with Crippen molar-refractivity contribution in [3.05, 3.63) is 29.8 Å². The lowest BCUT2D eigenvalue weighted by molar-refractivity contribution is -0.119. The van der Waals surface area contributed by atoms with E-state index in [4.69, 9.17) is 0 Å². The molecule has 2 aliphatic rings. The van der Waals surface area contributed by atoms with Crippen molar-refractivity contribution in [3.8, 4) is 0 Å². The summed E-state index contributed by atoms with van der Waals surface area (Å²) >= 11 is 0. The summed E-state index contributed by atoms with van der Waals surface area (Å²) in [6, 6.07) is 8.47. The van der Waals surface area contributed by atoms with Gasteiger partial charge in [0.2, 0.25) is 5.91 Å². The van der Waals surface area contributed by atoms with E-state index in [9.17, 15) is 4.79 Å². The van der Waals surface area contributed by atoms with Gasteiger partial charge in [-0.1, -0.05) is 37.5 Å². The molecule has 1 heterocycles. The minimum atomic E-state index is -0.130. The van der Waals surface area contributed by atoms with Crippen LogP contribution >= 0.6 is 0 Å². The first-order valence-corrected chi connectivity index (χ1v) is 6.90. The molecule has 3 nitrogen and oxygen atoms in total. The molecule has 1 aliphatic heterocycles. The molecule has 0 spiro atoms. The number of carbonyl (C=O) groups excluding carboxylic acids is 1. The van der Waals surface area contributed by atoms with Crippen LogP contribution in [0.4, 0.5) is 5.69 Å². The maximum atomic E-state index is 12.3. The van der Waals surface area contributed by atoms with Gasteiger partial charge < -0.3 is 4.90 Å². The predicted molar refractivity (Wildman–Crippen MR) is 72.6 cm³/mol. The van der Waals surface area contributed by atoms with Gasteiger partial charge in [0, 0.05) is 24.3 Å². The van der Waals surface area contributed by atoms with Gasteiger partial charge in [-0.25, -0.2) is 0 Å². The second kappa shape index (κ2) is 4.73. The summed E-state index contributed by atoms with van der Waals surface area (Å²) in [6.45, 7) is 0. The zero-order chi connectivity index (χ0) is 12.5. The van der Waals surface area contributed by atoms with E-state index in [1.54, 1.807) is 4.90 Å². The maximum Gasteiger partial charge on any atom is 0.248 e. The van der Waals surface area contributed by atoms with E-state index >= 15 is 0 Å². The molecule has 1 amide bonds. The molecule has 1 aliphatic carbocycles. The number of hydrogen-bond acceptors (Lipinski definition) is 2. The molecule has 1 aromatic carbocycles. The molecule has 1 aromatic rings. The number of nitrogens with zero attached hydrogens (tertiary/aromatic N) is 1. The van der Waals surface area contributed by atoms with Crippen LogP contribution in [0.1, 0.15) is 43.7 Å². The van der Waals surface area contributed by atoms with Crippen LogP contribution in [0.25, 0.3) is 0 Å². The standard InChI is InChI=1S/C15H20N2O/c1-17-13-10-6-5-9-12(13)14(15(17)18)16-11-7-3-2-4-8-11/h5-6,9-11,14,16H,2-4,7-8H2,1H3. The van der Waals surface area contributed by atoms with E-state index in [1.165, 1.54) is 32.1 Å². The van der Waals surface area contributed by atoms with E-state index in [1.807, 2.05) is 25.2 Å². The van der Waals surface area contributed by atoms with Crippen molar-refractivity contribution in [1.82, 2.24) is 5.32 Å². The van der Waals surface area contributed by atoms with Crippen molar-refractivity contribution in [2.45, 2.75) is 44.2 Å². The summed E-state index contributed by atoms with van der Waals surface area (Å²) in [7, 11) is 1.86. The second-order valence-electron chi connectivity index (χ2n) is 5.39. The predicted octanol–water partition coefficient (Wildman–Crippen LogP) is 2.63. The van der Waals surface area contributed by atoms with Gasteiger partial charge in [-0.15, -0.1) is 0 Å². The van der Waals surface area contributed by atoms with Crippen molar-refractivity contribution in [2.75, 3.05) is 11.9 Å². The molecule has 1 atom stereocenters.